The van der Waals surface area contributed by atoms with Gasteiger partial charge in [0.25, 0.3) is 0 Å². The molecule has 0 radical (unpaired) electrons. The summed E-state index contributed by atoms with van der Waals surface area (Å²) in [6.07, 6.45) is 8.41. The molecule has 0 bridgehead atoms. The molecule has 1 fully saturated rings. The molecule has 1 aliphatic carbocycles. The SMILES string of the molecule is O=C(O)CC1(CC(=O)NCCc2cccnc2)CCCC1. The van der Waals surface area contributed by atoms with Gasteiger partial charge in [0.15, 0.2) is 0 Å². The first-order chi connectivity index (χ1) is 10.1. The van der Waals surface area contributed by atoms with Crippen LogP contribution in [0.5, 0.6) is 0 Å². The van der Waals surface area contributed by atoms with E-state index in [9.17, 15) is 9.59 Å². The molecule has 2 rings (SSSR count). The fourth-order valence-corrected chi connectivity index (χ4v) is 3.16. The first kappa shape index (κ1) is 15.5. The normalized spacial score (nSPS) is 16.6. The van der Waals surface area contributed by atoms with Crippen LogP contribution in [0.3, 0.4) is 0 Å². The zero-order valence-corrected chi connectivity index (χ0v) is 12.2. The maximum absolute atomic E-state index is 12.1. The summed E-state index contributed by atoms with van der Waals surface area (Å²) in [6.45, 7) is 0.563. The van der Waals surface area contributed by atoms with E-state index in [2.05, 4.69) is 10.3 Å². The van der Waals surface area contributed by atoms with Crippen LogP contribution < -0.4 is 5.32 Å². The van der Waals surface area contributed by atoms with Crippen LogP contribution in [-0.2, 0) is 16.0 Å². The van der Waals surface area contributed by atoms with Gasteiger partial charge in [0, 0.05) is 25.4 Å². The van der Waals surface area contributed by atoms with Crippen molar-refractivity contribution in [1.29, 1.82) is 0 Å². The molecule has 1 aliphatic rings. The Bertz CT molecular complexity index is 482. The van der Waals surface area contributed by atoms with Crippen molar-refractivity contribution in [2.45, 2.75) is 44.9 Å². The Morgan fingerprint density at radius 2 is 2.05 bits per heavy atom. The molecule has 0 atom stereocenters. The zero-order valence-electron chi connectivity index (χ0n) is 12.2. The molecule has 1 saturated carbocycles. The van der Waals surface area contributed by atoms with Gasteiger partial charge in [-0.25, -0.2) is 0 Å². The smallest absolute Gasteiger partial charge is 0.303 e. The number of carbonyl (C=O) groups excluding carboxylic acids is 1. The third-order valence-corrected chi connectivity index (χ3v) is 4.18. The van der Waals surface area contributed by atoms with E-state index in [1.165, 1.54) is 0 Å². The number of carboxylic acids is 1. The minimum absolute atomic E-state index is 0.0398. The van der Waals surface area contributed by atoms with Gasteiger partial charge in [0.2, 0.25) is 5.91 Å². The fraction of sp³-hybridized carbons (Fsp3) is 0.562. The molecule has 5 heteroatoms. The van der Waals surface area contributed by atoms with Crippen LogP contribution in [0, 0.1) is 5.41 Å². The van der Waals surface area contributed by atoms with Crippen LogP contribution >= 0.6 is 0 Å². The van der Waals surface area contributed by atoms with E-state index in [1.54, 1.807) is 12.4 Å². The number of nitrogens with one attached hydrogen (secondary N) is 1. The molecule has 0 saturated heterocycles. The summed E-state index contributed by atoms with van der Waals surface area (Å²) in [5.74, 6) is -0.845. The molecule has 21 heavy (non-hydrogen) atoms. The highest BCUT2D eigenvalue weighted by Crippen LogP contribution is 2.43. The summed E-state index contributed by atoms with van der Waals surface area (Å²) in [5, 5.41) is 11.9. The van der Waals surface area contributed by atoms with E-state index in [-0.39, 0.29) is 17.7 Å². The zero-order chi connectivity index (χ0) is 15.1. The molecule has 0 unspecified atom stereocenters. The van der Waals surface area contributed by atoms with Crippen molar-refractivity contribution in [3.05, 3.63) is 30.1 Å². The number of nitrogens with zero attached hydrogens (tertiary/aromatic N) is 1. The standard InChI is InChI=1S/C16H22N2O3/c19-14(18-9-5-13-4-3-8-17-12-13)10-16(11-15(20)21)6-1-2-7-16/h3-4,8,12H,1-2,5-7,9-11H2,(H,18,19)(H,20,21). The van der Waals surface area contributed by atoms with Gasteiger partial charge >= 0.3 is 5.97 Å². The lowest BCUT2D eigenvalue weighted by Gasteiger charge is -2.26. The predicted molar refractivity (Wildman–Crippen MR) is 78.7 cm³/mol. The van der Waals surface area contributed by atoms with Gasteiger partial charge < -0.3 is 10.4 Å². The third kappa shape index (κ3) is 4.85. The maximum Gasteiger partial charge on any atom is 0.303 e. The summed E-state index contributed by atoms with van der Waals surface area (Å²) in [5.41, 5.74) is 0.753. The van der Waals surface area contributed by atoms with Gasteiger partial charge in [0.1, 0.15) is 0 Å². The van der Waals surface area contributed by atoms with Crippen molar-refractivity contribution in [3.63, 3.8) is 0 Å². The molecule has 1 aromatic rings. The second kappa shape index (κ2) is 7.20. The van der Waals surface area contributed by atoms with E-state index in [4.69, 9.17) is 5.11 Å². The summed E-state index contributed by atoms with van der Waals surface area (Å²) >= 11 is 0. The summed E-state index contributed by atoms with van der Waals surface area (Å²) in [7, 11) is 0. The Balaban J connectivity index is 1.78. The van der Waals surface area contributed by atoms with Crippen LogP contribution in [0.15, 0.2) is 24.5 Å². The number of amides is 1. The number of aliphatic carboxylic acids is 1. The summed E-state index contributed by atoms with van der Waals surface area (Å²) in [6, 6.07) is 3.85. The fourth-order valence-electron chi connectivity index (χ4n) is 3.16. The average Bonchev–Trinajstić information content (AvgIpc) is 2.87. The van der Waals surface area contributed by atoms with Gasteiger partial charge in [0.05, 0.1) is 6.42 Å². The number of rotatable bonds is 7. The lowest BCUT2D eigenvalue weighted by atomic mass is 9.79. The topological polar surface area (TPSA) is 79.3 Å². The van der Waals surface area contributed by atoms with Crippen LogP contribution in [0.1, 0.15) is 44.1 Å². The van der Waals surface area contributed by atoms with Crippen molar-refractivity contribution in [1.82, 2.24) is 10.3 Å². The van der Waals surface area contributed by atoms with Crippen LogP contribution in [0.25, 0.3) is 0 Å². The average molecular weight is 290 g/mol. The minimum Gasteiger partial charge on any atom is -0.481 e. The second-order valence-corrected chi connectivity index (χ2v) is 5.92. The Morgan fingerprint density at radius 1 is 1.29 bits per heavy atom. The van der Waals surface area contributed by atoms with Crippen LogP contribution in [0.4, 0.5) is 0 Å². The third-order valence-electron chi connectivity index (χ3n) is 4.18. The van der Waals surface area contributed by atoms with Crippen molar-refractivity contribution in [2.24, 2.45) is 5.41 Å². The van der Waals surface area contributed by atoms with Crippen molar-refractivity contribution in [2.75, 3.05) is 6.54 Å². The Labute approximate surface area is 124 Å². The Hall–Kier alpha value is -1.91. The van der Waals surface area contributed by atoms with Crippen molar-refractivity contribution < 1.29 is 14.7 Å². The molecular weight excluding hydrogens is 268 g/mol. The van der Waals surface area contributed by atoms with Crippen molar-refractivity contribution in [3.8, 4) is 0 Å². The number of aromatic nitrogens is 1. The van der Waals surface area contributed by atoms with E-state index in [0.717, 1.165) is 37.7 Å². The number of hydrogen-bond acceptors (Lipinski definition) is 3. The Morgan fingerprint density at radius 3 is 2.67 bits per heavy atom. The van der Waals surface area contributed by atoms with Gasteiger partial charge in [-0.2, -0.15) is 0 Å². The minimum atomic E-state index is -0.806. The number of carboxylic acid groups (broad SMARTS) is 1. The second-order valence-electron chi connectivity index (χ2n) is 5.92. The lowest BCUT2D eigenvalue weighted by molar-refractivity contribution is -0.140. The first-order valence-corrected chi connectivity index (χ1v) is 7.47. The summed E-state index contributed by atoms with van der Waals surface area (Å²) in [4.78, 5) is 27.1. The van der Waals surface area contributed by atoms with E-state index >= 15 is 0 Å². The predicted octanol–water partition coefficient (Wildman–Crippen LogP) is 2.17. The van der Waals surface area contributed by atoms with Gasteiger partial charge in [-0.05, 0) is 36.3 Å². The molecule has 1 amide bonds. The molecule has 0 aromatic carbocycles. The number of hydrogen-bond donors (Lipinski definition) is 2. The molecule has 1 aromatic heterocycles. The molecule has 0 aliphatic heterocycles. The van der Waals surface area contributed by atoms with Gasteiger partial charge in [-0.3, -0.25) is 14.6 Å². The maximum atomic E-state index is 12.1. The molecule has 5 nitrogen and oxygen atoms in total. The lowest BCUT2D eigenvalue weighted by Crippen LogP contribution is -2.33. The van der Waals surface area contributed by atoms with Gasteiger partial charge in [-0.15, -0.1) is 0 Å². The number of carbonyl (C=O) groups is 2. The number of pyridine rings is 1. The molecule has 114 valence electrons. The van der Waals surface area contributed by atoms with E-state index in [1.807, 2.05) is 12.1 Å². The molecule has 0 spiro atoms. The Kier molecular flexibility index (Phi) is 5.31. The highest BCUT2D eigenvalue weighted by molar-refractivity contribution is 5.78. The highest BCUT2D eigenvalue weighted by atomic mass is 16.4. The molecular formula is C16H22N2O3. The van der Waals surface area contributed by atoms with Crippen molar-refractivity contribution >= 4 is 11.9 Å². The summed E-state index contributed by atoms with van der Waals surface area (Å²) < 4.78 is 0. The quantitative estimate of drug-likeness (QED) is 0.806. The monoisotopic (exact) mass is 290 g/mol. The highest BCUT2D eigenvalue weighted by Gasteiger charge is 2.37. The van der Waals surface area contributed by atoms with Crippen LogP contribution in [0.2, 0.25) is 0 Å². The van der Waals surface area contributed by atoms with Gasteiger partial charge in [-0.1, -0.05) is 18.9 Å². The largest absolute Gasteiger partial charge is 0.481 e. The first-order valence-electron chi connectivity index (χ1n) is 7.47. The molecule has 1 heterocycles. The molecule has 2 N–H and O–H groups in total. The van der Waals surface area contributed by atoms with E-state index in [0.29, 0.717) is 13.0 Å². The van der Waals surface area contributed by atoms with Crippen LogP contribution in [-0.4, -0.2) is 28.5 Å². The van der Waals surface area contributed by atoms with E-state index < -0.39 is 5.97 Å².